The molecule has 0 aliphatic carbocycles. The number of aryl methyl sites for hydroxylation is 1. The maximum Gasteiger partial charge on any atom is 0.191 e. The van der Waals surface area contributed by atoms with Crippen molar-refractivity contribution in [3.05, 3.63) is 70.2 Å². The van der Waals surface area contributed by atoms with Crippen molar-refractivity contribution in [3.8, 4) is 0 Å². The van der Waals surface area contributed by atoms with Gasteiger partial charge in [0, 0.05) is 36.6 Å². The number of nitrogens with zero attached hydrogens (tertiary/aromatic N) is 4. The van der Waals surface area contributed by atoms with E-state index in [1.807, 2.05) is 18.7 Å². The van der Waals surface area contributed by atoms with E-state index in [1.54, 1.807) is 17.5 Å². The number of nitrogens with one attached hydrogen (secondary N) is 2. The molecule has 0 aliphatic heterocycles. The van der Waals surface area contributed by atoms with Gasteiger partial charge in [-0.25, -0.2) is 15.0 Å². The van der Waals surface area contributed by atoms with Crippen molar-refractivity contribution in [2.45, 2.75) is 39.9 Å². The van der Waals surface area contributed by atoms with E-state index in [9.17, 15) is 0 Å². The summed E-state index contributed by atoms with van der Waals surface area (Å²) in [6.45, 7) is 7.19. The molecule has 0 atom stereocenters. The Bertz CT molecular complexity index is 853. The van der Waals surface area contributed by atoms with Gasteiger partial charge >= 0.3 is 0 Å². The summed E-state index contributed by atoms with van der Waals surface area (Å²) in [6.07, 6.45) is 8.59. The second-order valence-corrected chi connectivity index (χ2v) is 7.38. The summed E-state index contributed by atoms with van der Waals surface area (Å²) >= 11 is 1.75. The Morgan fingerprint density at radius 2 is 2.11 bits per heavy atom. The van der Waals surface area contributed by atoms with Crippen molar-refractivity contribution in [3.63, 3.8) is 0 Å². The molecule has 2 heterocycles. The maximum atomic E-state index is 4.72. The zero-order chi connectivity index (χ0) is 18.9. The SMILES string of the molecule is CCNC(=NCc1cccc(Cn2ccnc2)c1)NCc1ncc(CC)s1. The van der Waals surface area contributed by atoms with Crippen LogP contribution in [0.2, 0.25) is 0 Å². The number of guanidine groups is 1. The van der Waals surface area contributed by atoms with Crippen LogP contribution in [0.5, 0.6) is 0 Å². The molecule has 0 fully saturated rings. The molecule has 0 bridgehead atoms. The predicted molar refractivity (Wildman–Crippen MR) is 111 cm³/mol. The van der Waals surface area contributed by atoms with Gasteiger partial charge in [-0.05, 0) is 24.5 Å². The molecule has 2 aromatic heterocycles. The lowest BCUT2D eigenvalue weighted by molar-refractivity contribution is 0.793. The van der Waals surface area contributed by atoms with Crippen molar-refractivity contribution in [1.82, 2.24) is 25.2 Å². The molecule has 0 saturated carbocycles. The monoisotopic (exact) mass is 382 g/mol. The van der Waals surface area contributed by atoms with Crippen molar-refractivity contribution in [2.75, 3.05) is 6.54 Å². The molecule has 3 rings (SSSR count). The summed E-state index contributed by atoms with van der Waals surface area (Å²) in [5, 5.41) is 7.75. The fourth-order valence-corrected chi connectivity index (χ4v) is 3.48. The minimum Gasteiger partial charge on any atom is -0.357 e. The predicted octanol–water partition coefficient (Wildman–Crippen LogP) is 3.21. The minimum absolute atomic E-state index is 0.630. The fraction of sp³-hybridized carbons (Fsp3) is 0.350. The summed E-state index contributed by atoms with van der Waals surface area (Å²) in [5.74, 6) is 0.811. The van der Waals surface area contributed by atoms with Crippen LogP contribution >= 0.6 is 11.3 Å². The lowest BCUT2D eigenvalue weighted by Gasteiger charge is -2.10. The van der Waals surface area contributed by atoms with Gasteiger partial charge in [0.25, 0.3) is 0 Å². The van der Waals surface area contributed by atoms with Crippen LogP contribution in [0.1, 0.15) is 34.9 Å². The zero-order valence-corrected chi connectivity index (χ0v) is 16.7. The molecule has 2 N–H and O–H groups in total. The van der Waals surface area contributed by atoms with E-state index in [-0.39, 0.29) is 0 Å². The number of thiazole rings is 1. The molecule has 7 heteroatoms. The molecule has 0 amide bonds. The molecule has 0 saturated heterocycles. The highest BCUT2D eigenvalue weighted by atomic mass is 32.1. The van der Waals surface area contributed by atoms with Crippen LogP contribution in [0.4, 0.5) is 0 Å². The van der Waals surface area contributed by atoms with Crippen molar-refractivity contribution in [2.24, 2.45) is 4.99 Å². The third-order valence-electron chi connectivity index (χ3n) is 4.04. The number of imidazole rings is 1. The molecule has 0 radical (unpaired) electrons. The topological polar surface area (TPSA) is 67.1 Å². The molecule has 3 aromatic rings. The van der Waals surface area contributed by atoms with Gasteiger partial charge in [0.2, 0.25) is 0 Å². The van der Waals surface area contributed by atoms with Crippen molar-refractivity contribution < 1.29 is 0 Å². The minimum atomic E-state index is 0.630. The van der Waals surface area contributed by atoms with Gasteiger partial charge < -0.3 is 15.2 Å². The fourth-order valence-electron chi connectivity index (χ4n) is 2.68. The Morgan fingerprint density at radius 1 is 1.22 bits per heavy atom. The smallest absolute Gasteiger partial charge is 0.191 e. The van der Waals surface area contributed by atoms with E-state index in [1.165, 1.54) is 16.0 Å². The first-order valence-electron chi connectivity index (χ1n) is 9.26. The second-order valence-electron chi connectivity index (χ2n) is 6.18. The quantitative estimate of drug-likeness (QED) is 0.464. The number of aromatic nitrogens is 3. The van der Waals surface area contributed by atoms with Gasteiger partial charge in [-0.15, -0.1) is 11.3 Å². The molecular formula is C20H26N6S. The summed E-state index contributed by atoms with van der Waals surface area (Å²) in [4.78, 5) is 14.6. The second kappa shape index (κ2) is 9.87. The van der Waals surface area contributed by atoms with Gasteiger partial charge in [0.15, 0.2) is 5.96 Å². The zero-order valence-electron chi connectivity index (χ0n) is 15.9. The lowest BCUT2D eigenvalue weighted by Crippen LogP contribution is -2.36. The summed E-state index contributed by atoms with van der Waals surface area (Å²) in [5.41, 5.74) is 2.43. The molecule has 6 nitrogen and oxygen atoms in total. The first-order valence-corrected chi connectivity index (χ1v) is 10.1. The van der Waals surface area contributed by atoms with Crippen LogP contribution < -0.4 is 10.6 Å². The average Bonchev–Trinajstić information content (AvgIpc) is 3.36. The van der Waals surface area contributed by atoms with E-state index >= 15 is 0 Å². The number of hydrogen-bond acceptors (Lipinski definition) is 4. The highest BCUT2D eigenvalue weighted by Gasteiger charge is 2.03. The highest BCUT2D eigenvalue weighted by Crippen LogP contribution is 2.13. The standard InChI is InChI=1S/C20H26N6S/c1-3-18-12-23-19(27-18)13-25-20(22-4-2)24-11-16-6-5-7-17(10-16)14-26-9-8-21-15-26/h5-10,12,15H,3-4,11,13-14H2,1-2H3,(H2,22,24,25). The highest BCUT2D eigenvalue weighted by molar-refractivity contribution is 7.11. The third kappa shape index (κ3) is 5.92. The first-order chi connectivity index (χ1) is 13.3. The average molecular weight is 383 g/mol. The van der Waals surface area contributed by atoms with Gasteiger partial charge in [-0.1, -0.05) is 31.2 Å². The summed E-state index contributed by atoms with van der Waals surface area (Å²) < 4.78 is 2.06. The largest absolute Gasteiger partial charge is 0.357 e. The van der Waals surface area contributed by atoms with Crippen LogP contribution in [0.3, 0.4) is 0 Å². The molecule has 0 aliphatic rings. The van der Waals surface area contributed by atoms with Gasteiger partial charge in [0.1, 0.15) is 5.01 Å². The normalized spacial score (nSPS) is 11.6. The number of benzene rings is 1. The van der Waals surface area contributed by atoms with E-state index in [0.717, 1.165) is 30.5 Å². The number of hydrogen-bond donors (Lipinski definition) is 2. The molecule has 142 valence electrons. The third-order valence-corrected chi connectivity index (χ3v) is 5.18. The molecular weight excluding hydrogens is 356 g/mol. The Hall–Kier alpha value is -2.67. The molecule has 0 unspecified atom stereocenters. The van der Waals surface area contributed by atoms with Crippen molar-refractivity contribution in [1.29, 1.82) is 0 Å². The van der Waals surface area contributed by atoms with Crippen LogP contribution in [0, 0.1) is 0 Å². The molecule has 1 aromatic carbocycles. The molecule has 27 heavy (non-hydrogen) atoms. The number of aliphatic imine (C=N–C) groups is 1. The van der Waals surface area contributed by atoms with Crippen molar-refractivity contribution >= 4 is 17.3 Å². The van der Waals surface area contributed by atoms with E-state index in [2.05, 4.69) is 63.3 Å². The van der Waals surface area contributed by atoms with Crippen LogP contribution in [0.25, 0.3) is 0 Å². The summed E-state index contributed by atoms with van der Waals surface area (Å²) in [7, 11) is 0. The van der Waals surface area contributed by atoms with Crippen LogP contribution in [-0.4, -0.2) is 27.0 Å². The van der Waals surface area contributed by atoms with Gasteiger partial charge in [-0.3, -0.25) is 0 Å². The maximum absolute atomic E-state index is 4.72. The molecule has 0 spiro atoms. The number of rotatable bonds is 8. The Labute approximate surface area is 164 Å². The lowest BCUT2D eigenvalue weighted by atomic mass is 10.1. The van der Waals surface area contributed by atoms with E-state index in [0.29, 0.717) is 13.1 Å². The summed E-state index contributed by atoms with van der Waals surface area (Å²) in [6, 6.07) is 8.52. The van der Waals surface area contributed by atoms with Gasteiger partial charge in [-0.2, -0.15) is 0 Å². The van der Waals surface area contributed by atoms with Crippen LogP contribution in [-0.2, 0) is 26.1 Å². The van der Waals surface area contributed by atoms with Gasteiger partial charge in [0.05, 0.1) is 19.4 Å². The van der Waals surface area contributed by atoms with Crippen LogP contribution in [0.15, 0.2) is 54.2 Å². The Kier molecular flexibility index (Phi) is 6.98. The first kappa shape index (κ1) is 19.1. The van der Waals surface area contributed by atoms with E-state index < -0.39 is 0 Å². The Morgan fingerprint density at radius 3 is 2.85 bits per heavy atom. The van der Waals surface area contributed by atoms with E-state index in [4.69, 9.17) is 4.99 Å². The Balaban J connectivity index is 1.60.